The Balaban J connectivity index is 0.000000642. The number of hydrogen-bond acceptors (Lipinski definition) is 2. The van der Waals surface area contributed by atoms with Crippen LogP contribution in [0.2, 0.25) is 0 Å². The van der Waals surface area contributed by atoms with E-state index in [0.717, 1.165) is 36.8 Å². The van der Waals surface area contributed by atoms with Crippen molar-refractivity contribution in [2.24, 2.45) is 0 Å². The van der Waals surface area contributed by atoms with Gasteiger partial charge in [0.15, 0.2) is 0 Å². The maximum absolute atomic E-state index is 11.5. The Morgan fingerprint density at radius 1 is 0.429 bits per heavy atom. The Hall–Kier alpha value is -0.389. The molecule has 0 radical (unpaired) electrons. The van der Waals surface area contributed by atoms with Gasteiger partial charge in [-0.3, -0.25) is 0 Å². The maximum Gasteiger partial charge on any atom is 2.00 e. The van der Waals surface area contributed by atoms with Gasteiger partial charge in [-0.05, 0) is 25.7 Å². The van der Waals surface area contributed by atoms with Crippen LogP contribution in [0.5, 0.6) is 11.5 Å². The van der Waals surface area contributed by atoms with Gasteiger partial charge in [-0.15, -0.1) is 11.5 Å². The topological polar surface area (TPSA) is 46.1 Å². The molecular formula is C32H50BaO2. The van der Waals surface area contributed by atoms with Gasteiger partial charge < -0.3 is 10.2 Å². The zero-order chi connectivity index (χ0) is 24.7. The largest absolute Gasteiger partial charge is 2.00 e. The first kappa shape index (κ1) is 34.6. The summed E-state index contributed by atoms with van der Waals surface area (Å²) >= 11 is 0. The van der Waals surface area contributed by atoms with Crippen LogP contribution < -0.4 is 10.2 Å². The van der Waals surface area contributed by atoms with Crippen LogP contribution in [0.15, 0.2) is 48.5 Å². The second kappa shape index (κ2) is 25.3. The molecule has 2 aromatic carbocycles. The minimum atomic E-state index is 0. The summed E-state index contributed by atoms with van der Waals surface area (Å²) in [4.78, 5) is 0. The van der Waals surface area contributed by atoms with Crippen LogP contribution in [0.1, 0.15) is 128 Å². The summed E-state index contributed by atoms with van der Waals surface area (Å²) in [6.45, 7) is 4.50. The average molecular weight is 604 g/mol. The number of hydrogen-bond donors (Lipinski definition) is 0. The van der Waals surface area contributed by atoms with Gasteiger partial charge >= 0.3 is 48.9 Å². The number of para-hydroxylation sites is 2. The van der Waals surface area contributed by atoms with Crippen LogP contribution in [0, 0.1) is 0 Å². The van der Waals surface area contributed by atoms with Crippen LogP contribution in [-0.2, 0) is 12.8 Å². The summed E-state index contributed by atoms with van der Waals surface area (Å²) in [6, 6.07) is 14.8. The van der Waals surface area contributed by atoms with Gasteiger partial charge in [0.05, 0.1) is 0 Å². The van der Waals surface area contributed by atoms with E-state index in [9.17, 15) is 10.2 Å². The van der Waals surface area contributed by atoms with Gasteiger partial charge in [0.2, 0.25) is 0 Å². The fraction of sp³-hybridized carbons (Fsp3) is 0.625. The third kappa shape index (κ3) is 19.4. The zero-order valence-corrected chi connectivity index (χ0v) is 27.3. The minimum absolute atomic E-state index is 0. The molecule has 0 aliphatic rings. The predicted octanol–water partition coefficient (Wildman–Crippen LogP) is 8.51. The molecule has 0 fully saturated rings. The first-order valence-electron chi connectivity index (χ1n) is 14.2. The Bertz CT molecular complexity index is 655. The number of rotatable bonds is 18. The van der Waals surface area contributed by atoms with E-state index >= 15 is 0 Å². The minimum Gasteiger partial charge on any atom is -0.872 e. The molecular weight excluding hydrogens is 554 g/mol. The van der Waals surface area contributed by atoms with E-state index in [4.69, 9.17) is 0 Å². The van der Waals surface area contributed by atoms with E-state index < -0.39 is 0 Å². The Kier molecular flexibility index (Phi) is 25.0. The van der Waals surface area contributed by atoms with Gasteiger partial charge in [0.25, 0.3) is 0 Å². The van der Waals surface area contributed by atoms with Crippen molar-refractivity contribution in [3.63, 3.8) is 0 Å². The van der Waals surface area contributed by atoms with E-state index in [1.54, 1.807) is 12.1 Å². The molecule has 2 aromatic rings. The van der Waals surface area contributed by atoms with Gasteiger partial charge in [0.1, 0.15) is 0 Å². The summed E-state index contributed by atoms with van der Waals surface area (Å²) < 4.78 is 0. The van der Waals surface area contributed by atoms with Crippen molar-refractivity contribution in [1.29, 1.82) is 0 Å². The molecule has 0 atom stereocenters. The van der Waals surface area contributed by atoms with Gasteiger partial charge in [-0.1, -0.05) is 163 Å². The van der Waals surface area contributed by atoms with Crippen LogP contribution in [0.25, 0.3) is 0 Å². The SMILES string of the molecule is CCCCCCCCCCc1ccccc1[O-].CCCCCCCCCCc1ccccc1[O-].[Ba+2]. The molecule has 0 N–H and O–H groups in total. The summed E-state index contributed by atoms with van der Waals surface area (Å²) in [5.41, 5.74) is 1.97. The predicted molar refractivity (Wildman–Crippen MR) is 150 cm³/mol. The summed E-state index contributed by atoms with van der Waals surface area (Å²) in [5, 5.41) is 22.9. The summed E-state index contributed by atoms with van der Waals surface area (Å²) in [5.74, 6) is 0.408. The first-order valence-corrected chi connectivity index (χ1v) is 14.2. The van der Waals surface area contributed by atoms with Crippen molar-refractivity contribution in [2.45, 2.75) is 129 Å². The second-order valence-corrected chi connectivity index (χ2v) is 9.67. The monoisotopic (exact) mass is 604 g/mol. The molecule has 2 nitrogen and oxygen atoms in total. The van der Waals surface area contributed by atoms with Gasteiger partial charge in [-0.25, -0.2) is 0 Å². The molecule has 0 aromatic heterocycles. The Labute approximate surface area is 257 Å². The van der Waals surface area contributed by atoms with Crippen molar-refractivity contribution in [1.82, 2.24) is 0 Å². The molecule has 0 unspecified atom stereocenters. The Morgan fingerprint density at radius 3 is 1.03 bits per heavy atom. The molecule has 0 bridgehead atoms. The normalized spacial score (nSPS) is 10.3. The van der Waals surface area contributed by atoms with Crippen molar-refractivity contribution in [3.05, 3.63) is 59.7 Å². The van der Waals surface area contributed by atoms with Crippen molar-refractivity contribution in [2.75, 3.05) is 0 Å². The van der Waals surface area contributed by atoms with Crippen LogP contribution in [0.3, 0.4) is 0 Å². The fourth-order valence-corrected chi connectivity index (χ4v) is 4.32. The van der Waals surface area contributed by atoms with E-state index in [1.807, 2.05) is 36.4 Å². The smallest absolute Gasteiger partial charge is 0.872 e. The molecule has 0 aliphatic carbocycles. The van der Waals surface area contributed by atoms with Crippen LogP contribution in [0.4, 0.5) is 0 Å². The van der Waals surface area contributed by atoms with Crippen molar-refractivity contribution < 1.29 is 10.2 Å². The van der Waals surface area contributed by atoms with Crippen LogP contribution >= 0.6 is 0 Å². The Morgan fingerprint density at radius 2 is 0.714 bits per heavy atom. The number of benzene rings is 2. The number of aryl methyl sites for hydroxylation is 2. The molecule has 35 heavy (non-hydrogen) atoms. The molecule has 0 saturated heterocycles. The molecule has 0 amide bonds. The third-order valence-corrected chi connectivity index (χ3v) is 6.54. The molecule has 0 heterocycles. The summed E-state index contributed by atoms with van der Waals surface area (Å²) in [7, 11) is 0. The average Bonchev–Trinajstić information content (AvgIpc) is 2.85. The van der Waals surface area contributed by atoms with Gasteiger partial charge in [-0.2, -0.15) is 0 Å². The standard InChI is InChI=1S/2C16H26O.Ba/c2*1-2-3-4-5-6-7-8-9-12-15-13-10-11-14-16(15)17;/h2*10-11,13-14,17H,2-9,12H2,1H3;/q;;+2/p-2. The summed E-state index contributed by atoms with van der Waals surface area (Å²) in [6.07, 6.45) is 23.1. The van der Waals surface area contributed by atoms with E-state index in [0.29, 0.717) is 0 Å². The molecule has 0 saturated carbocycles. The molecule has 192 valence electrons. The van der Waals surface area contributed by atoms with E-state index in [1.165, 1.54) is 89.9 Å². The maximum atomic E-state index is 11.5. The fourth-order valence-electron chi connectivity index (χ4n) is 4.32. The van der Waals surface area contributed by atoms with Crippen LogP contribution in [-0.4, -0.2) is 48.9 Å². The second-order valence-electron chi connectivity index (χ2n) is 9.67. The molecule has 3 heteroatoms. The quantitative estimate of drug-likeness (QED) is 0.127. The van der Waals surface area contributed by atoms with Gasteiger partial charge in [0, 0.05) is 0 Å². The van der Waals surface area contributed by atoms with E-state index in [-0.39, 0.29) is 60.4 Å². The third-order valence-electron chi connectivity index (χ3n) is 6.54. The van der Waals surface area contributed by atoms with Crippen molar-refractivity contribution in [3.8, 4) is 11.5 Å². The molecule has 2 rings (SSSR count). The molecule has 0 aliphatic heterocycles. The number of unbranched alkanes of at least 4 members (excludes halogenated alkanes) is 14. The van der Waals surface area contributed by atoms with E-state index in [2.05, 4.69) is 13.8 Å². The molecule has 0 spiro atoms. The first-order chi connectivity index (χ1) is 16.7. The van der Waals surface area contributed by atoms with Crippen molar-refractivity contribution >= 4 is 48.9 Å². The zero-order valence-electron chi connectivity index (χ0n) is 22.9.